The molecule has 0 saturated carbocycles. The lowest BCUT2D eigenvalue weighted by atomic mass is 10.1. The molecule has 0 atom stereocenters. The van der Waals surface area contributed by atoms with E-state index in [0.29, 0.717) is 26.5 Å². The number of amides is 1. The van der Waals surface area contributed by atoms with Crippen LogP contribution in [0.15, 0.2) is 24.3 Å². The van der Waals surface area contributed by atoms with Crippen molar-refractivity contribution >= 4 is 43.9 Å². The van der Waals surface area contributed by atoms with Gasteiger partial charge in [0.05, 0.1) is 23.1 Å². The lowest BCUT2D eigenvalue weighted by Crippen LogP contribution is -2.11. The number of fused-ring (bicyclic) bond motifs is 1. The molecule has 3 aromatic heterocycles. The Balaban J connectivity index is 1.59. The summed E-state index contributed by atoms with van der Waals surface area (Å²) in [6.07, 6.45) is 0.788. The number of aryl methyl sites for hydroxylation is 3. The number of anilines is 1. The van der Waals surface area contributed by atoms with Crippen molar-refractivity contribution in [2.45, 2.75) is 33.8 Å². The van der Waals surface area contributed by atoms with E-state index in [0.717, 1.165) is 27.9 Å². The molecule has 0 unspecified atom stereocenters. The minimum atomic E-state index is -0.212. The standard InChI is InChI=1S/C23H24N4O3S2/c1-12-6-8-15(9-7-12)10-16-14(3)24-23(31-16)27-20(28)19-13(2)18-21(30-5)25-17(11-29-4)26-22(18)32-19/h6-9H,10-11H2,1-5H3,(H,24,27,28). The average molecular weight is 469 g/mol. The fraction of sp³-hybridized carbons (Fsp3) is 0.304. The van der Waals surface area contributed by atoms with Gasteiger partial charge in [0, 0.05) is 18.4 Å². The predicted octanol–water partition coefficient (Wildman–Crippen LogP) is 5.07. The zero-order valence-corrected chi connectivity index (χ0v) is 20.2. The van der Waals surface area contributed by atoms with Gasteiger partial charge in [0.1, 0.15) is 11.4 Å². The summed E-state index contributed by atoms with van der Waals surface area (Å²) in [6.45, 7) is 6.20. The first-order valence-corrected chi connectivity index (χ1v) is 11.7. The summed E-state index contributed by atoms with van der Waals surface area (Å²) in [6, 6.07) is 8.46. The molecule has 7 nitrogen and oxygen atoms in total. The fourth-order valence-electron chi connectivity index (χ4n) is 3.39. The van der Waals surface area contributed by atoms with E-state index < -0.39 is 0 Å². The van der Waals surface area contributed by atoms with Gasteiger partial charge < -0.3 is 9.47 Å². The van der Waals surface area contributed by atoms with Gasteiger partial charge in [-0.1, -0.05) is 29.8 Å². The normalized spacial score (nSPS) is 11.2. The van der Waals surface area contributed by atoms with Crippen LogP contribution in [0, 0.1) is 20.8 Å². The number of hydrogen-bond acceptors (Lipinski definition) is 8. The van der Waals surface area contributed by atoms with Crippen LogP contribution in [0.1, 0.15) is 42.8 Å². The Bertz CT molecular complexity index is 1280. The lowest BCUT2D eigenvalue weighted by molar-refractivity contribution is 0.103. The molecule has 1 amide bonds. The first-order chi connectivity index (χ1) is 15.4. The highest BCUT2D eigenvalue weighted by molar-refractivity contribution is 7.21. The van der Waals surface area contributed by atoms with E-state index in [2.05, 4.69) is 51.5 Å². The Kier molecular flexibility index (Phi) is 6.50. The SMILES string of the molecule is COCc1nc(OC)c2c(C)c(C(=O)Nc3nc(C)c(Cc4ccc(C)cc4)s3)sc2n1. The second kappa shape index (κ2) is 9.32. The monoisotopic (exact) mass is 468 g/mol. The second-order valence-electron chi connectivity index (χ2n) is 7.46. The highest BCUT2D eigenvalue weighted by Gasteiger charge is 2.22. The van der Waals surface area contributed by atoms with Gasteiger partial charge in [-0.05, 0) is 31.9 Å². The van der Waals surface area contributed by atoms with Gasteiger partial charge in [0.2, 0.25) is 5.88 Å². The molecule has 166 valence electrons. The summed E-state index contributed by atoms with van der Waals surface area (Å²) >= 11 is 2.82. The van der Waals surface area contributed by atoms with E-state index in [1.54, 1.807) is 14.2 Å². The van der Waals surface area contributed by atoms with E-state index in [9.17, 15) is 4.79 Å². The number of thiophene rings is 1. The first-order valence-electron chi connectivity index (χ1n) is 10.1. The molecule has 1 aromatic carbocycles. The van der Waals surface area contributed by atoms with Crippen LogP contribution in [0.2, 0.25) is 0 Å². The zero-order chi connectivity index (χ0) is 22.8. The third kappa shape index (κ3) is 4.50. The van der Waals surface area contributed by atoms with Crippen molar-refractivity contribution in [1.82, 2.24) is 15.0 Å². The minimum absolute atomic E-state index is 0.212. The molecule has 0 saturated heterocycles. The van der Waals surface area contributed by atoms with Crippen molar-refractivity contribution in [2.75, 3.05) is 19.5 Å². The molecule has 0 bridgehead atoms. The van der Waals surface area contributed by atoms with Crippen molar-refractivity contribution in [3.63, 3.8) is 0 Å². The van der Waals surface area contributed by atoms with E-state index in [1.165, 1.54) is 33.8 Å². The molecular formula is C23H24N4O3S2. The summed E-state index contributed by atoms with van der Waals surface area (Å²) in [4.78, 5) is 29.0. The molecule has 0 aliphatic carbocycles. The molecule has 0 aliphatic heterocycles. The molecule has 32 heavy (non-hydrogen) atoms. The number of carbonyl (C=O) groups excluding carboxylic acids is 1. The maximum absolute atomic E-state index is 13.1. The maximum Gasteiger partial charge on any atom is 0.267 e. The van der Waals surface area contributed by atoms with Gasteiger partial charge in [0.15, 0.2) is 11.0 Å². The van der Waals surface area contributed by atoms with Crippen LogP contribution in [0.25, 0.3) is 10.2 Å². The Labute approximate surface area is 194 Å². The number of nitrogens with zero attached hydrogens (tertiary/aromatic N) is 3. The van der Waals surface area contributed by atoms with Crippen molar-refractivity contribution in [3.8, 4) is 5.88 Å². The first kappa shape index (κ1) is 22.3. The largest absolute Gasteiger partial charge is 0.480 e. The molecule has 9 heteroatoms. The van der Waals surface area contributed by atoms with Gasteiger partial charge >= 0.3 is 0 Å². The lowest BCUT2D eigenvalue weighted by Gasteiger charge is -2.05. The number of ether oxygens (including phenoxy) is 2. The van der Waals surface area contributed by atoms with Crippen LogP contribution in [0.4, 0.5) is 5.13 Å². The number of methoxy groups -OCH3 is 2. The van der Waals surface area contributed by atoms with Gasteiger partial charge in [-0.2, -0.15) is 4.98 Å². The average Bonchev–Trinajstić information content (AvgIpc) is 3.28. The summed E-state index contributed by atoms with van der Waals surface area (Å²) in [5.74, 6) is 0.748. The van der Waals surface area contributed by atoms with Crippen molar-refractivity contribution < 1.29 is 14.3 Å². The highest BCUT2D eigenvalue weighted by atomic mass is 32.1. The van der Waals surface area contributed by atoms with Crippen LogP contribution in [-0.2, 0) is 17.8 Å². The van der Waals surface area contributed by atoms with Crippen LogP contribution in [-0.4, -0.2) is 35.1 Å². The Morgan fingerprint density at radius 2 is 1.78 bits per heavy atom. The molecule has 0 radical (unpaired) electrons. The molecule has 0 aliphatic rings. The summed E-state index contributed by atoms with van der Waals surface area (Å²) in [5.41, 5.74) is 4.17. The van der Waals surface area contributed by atoms with Crippen molar-refractivity contribution in [3.05, 3.63) is 62.2 Å². The number of thiazole rings is 1. The zero-order valence-electron chi connectivity index (χ0n) is 18.6. The third-order valence-corrected chi connectivity index (χ3v) is 7.33. The quantitative estimate of drug-likeness (QED) is 0.407. The van der Waals surface area contributed by atoms with Crippen molar-refractivity contribution in [1.29, 1.82) is 0 Å². The Hall–Kier alpha value is -2.88. The van der Waals surface area contributed by atoms with E-state index in [1.807, 2.05) is 13.8 Å². The van der Waals surface area contributed by atoms with E-state index >= 15 is 0 Å². The van der Waals surface area contributed by atoms with E-state index in [4.69, 9.17) is 9.47 Å². The molecule has 0 fully saturated rings. The molecule has 4 aromatic rings. The van der Waals surface area contributed by atoms with Crippen LogP contribution in [0.5, 0.6) is 5.88 Å². The van der Waals surface area contributed by atoms with Gasteiger partial charge in [0.25, 0.3) is 5.91 Å². The van der Waals surface area contributed by atoms with Gasteiger partial charge in [-0.15, -0.1) is 22.7 Å². The van der Waals surface area contributed by atoms with Gasteiger partial charge in [-0.3, -0.25) is 10.1 Å². The fourth-order valence-corrected chi connectivity index (χ4v) is 5.47. The molecule has 1 N–H and O–H groups in total. The third-order valence-electron chi connectivity index (χ3n) is 5.07. The number of carbonyl (C=O) groups is 1. The number of aromatic nitrogens is 3. The van der Waals surface area contributed by atoms with Crippen LogP contribution < -0.4 is 10.1 Å². The van der Waals surface area contributed by atoms with E-state index in [-0.39, 0.29) is 12.5 Å². The maximum atomic E-state index is 13.1. The number of hydrogen-bond donors (Lipinski definition) is 1. The van der Waals surface area contributed by atoms with Crippen molar-refractivity contribution in [2.24, 2.45) is 0 Å². The van der Waals surface area contributed by atoms with Gasteiger partial charge in [-0.25, -0.2) is 9.97 Å². The molecule has 4 rings (SSSR count). The number of nitrogens with one attached hydrogen (secondary N) is 1. The summed E-state index contributed by atoms with van der Waals surface area (Å²) < 4.78 is 10.6. The number of benzene rings is 1. The molecule has 3 heterocycles. The predicted molar refractivity (Wildman–Crippen MR) is 128 cm³/mol. The highest BCUT2D eigenvalue weighted by Crippen LogP contribution is 2.36. The Morgan fingerprint density at radius 1 is 1.03 bits per heavy atom. The number of rotatable bonds is 7. The molecular weight excluding hydrogens is 444 g/mol. The summed E-state index contributed by atoms with van der Waals surface area (Å²) in [7, 11) is 3.14. The smallest absolute Gasteiger partial charge is 0.267 e. The summed E-state index contributed by atoms with van der Waals surface area (Å²) in [5, 5.41) is 4.29. The Morgan fingerprint density at radius 3 is 2.47 bits per heavy atom. The molecule has 0 spiro atoms. The van der Waals surface area contributed by atoms with Crippen LogP contribution >= 0.6 is 22.7 Å². The topological polar surface area (TPSA) is 86.2 Å². The second-order valence-corrected chi connectivity index (χ2v) is 9.55. The van der Waals surface area contributed by atoms with Crippen LogP contribution in [0.3, 0.4) is 0 Å². The minimum Gasteiger partial charge on any atom is -0.480 e.